The van der Waals surface area contributed by atoms with E-state index in [0.717, 1.165) is 190 Å². The van der Waals surface area contributed by atoms with E-state index in [2.05, 4.69) is 69.9 Å². The van der Waals surface area contributed by atoms with Crippen molar-refractivity contribution in [1.29, 1.82) is 0 Å². The highest BCUT2D eigenvalue weighted by atomic mass is 35.5. The third kappa shape index (κ3) is 24.4. The Hall–Kier alpha value is -6.15. The number of aromatic nitrogens is 12. The average Bonchev–Trinajstić information content (AvgIpc) is 0.753. The van der Waals surface area contributed by atoms with Crippen LogP contribution in [0.25, 0.3) is 33.1 Å². The summed E-state index contributed by atoms with van der Waals surface area (Å²) in [5.41, 5.74) is 4.09. The predicted octanol–water partition coefficient (Wildman–Crippen LogP) is 2.66. The maximum atomic E-state index is 9.64. The number of hydrogen-bond donors (Lipinski definition) is 12. The van der Waals surface area contributed by atoms with Gasteiger partial charge in [-0.3, -0.25) is 0 Å². The third-order valence-corrected chi connectivity index (χ3v) is 19.1. The van der Waals surface area contributed by atoms with E-state index in [1.807, 2.05) is 4.90 Å². The second-order valence-electron chi connectivity index (χ2n) is 26.1. The summed E-state index contributed by atoms with van der Waals surface area (Å²) >= 11 is 18.8. The zero-order valence-electron chi connectivity index (χ0n) is 60.4. The molecule has 6 aromatic heterocycles. The minimum Gasteiger partial charge on any atom is -0.395 e. The molecule has 0 aliphatic carbocycles. The van der Waals surface area contributed by atoms with E-state index in [1.54, 1.807) is 9.80 Å². The number of nitrogens with one attached hydrogen (secondary N) is 2. The Morgan fingerprint density at radius 3 is 0.577 bits per heavy atom. The molecule has 0 atom stereocenters. The molecule has 6 aromatic rings. The molecule has 33 nitrogen and oxygen atoms in total. The van der Waals surface area contributed by atoms with Gasteiger partial charge in [-0.1, -0.05) is 0 Å². The van der Waals surface area contributed by atoms with Gasteiger partial charge in [0, 0.05) is 144 Å². The van der Waals surface area contributed by atoms with Crippen molar-refractivity contribution in [2.24, 2.45) is 0 Å². The van der Waals surface area contributed by atoms with Crippen molar-refractivity contribution < 1.29 is 51.1 Å². The quantitative estimate of drug-likeness (QED) is 0.0237. The van der Waals surface area contributed by atoms with Gasteiger partial charge in [-0.2, -0.15) is 29.9 Å². The van der Waals surface area contributed by atoms with Gasteiger partial charge in [-0.15, -0.1) is 0 Å². The van der Waals surface area contributed by atoms with Crippen LogP contribution in [0.5, 0.6) is 0 Å². The predicted molar refractivity (Wildman–Crippen MR) is 410 cm³/mol. The molecule has 580 valence electrons. The summed E-state index contributed by atoms with van der Waals surface area (Å²) in [6.45, 7) is 15.3. The fourth-order valence-electron chi connectivity index (χ4n) is 13.5. The standard InChI is InChI=1S/C24H40N8O4.C20H30ClN7O2.C16H20Cl2N6.2C4H11NO2/c33-15-11-31(12-16-34)23-26-20-19(21(27-23)29-7-3-1-4-8-29)25-24(32(13-17-35)14-18-36)28-22(20)30-9-5-2-6-10-30;21-19-22-15-16(17(24-19)26-7-3-1-4-8-26)23-20(28(11-13-29)12-14-30)25-18(15)27-9-5-2-6-10-27;17-15-20-12-11(13(21-15)23-7-3-1-4-8-23)19-16(18)22-14(12)24-9-5-2-6-10-24;2*6-3-1-5-2-4-7/h33-36H,1-18H2;29-30H,1-14H2;1-10H2;2*5-7H,1-4H2. The van der Waals surface area contributed by atoms with Crippen molar-refractivity contribution in [1.82, 2.24) is 70.4 Å². The Balaban J connectivity index is 0.000000183. The monoisotopic (exact) mass is 1520 g/mol. The minimum atomic E-state index is -0.0772. The Kier molecular flexibility index (Phi) is 37.0. The number of aliphatic hydroxyl groups is 10. The minimum absolute atomic E-state index is 0.0451. The van der Waals surface area contributed by atoms with Crippen LogP contribution in [-0.2, 0) is 0 Å². The number of piperidine rings is 6. The summed E-state index contributed by atoms with van der Waals surface area (Å²) in [6.07, 6.45) is 20.6. The van der Waals surface area contributed by atoms with Gasteiger partial charge in [-0.25, -0.2) is 29.9 Å². The molecule has 0 saturated carbocycles. The van der Waals surface area contributed by atoms with Crippen molar-refractivity contribution in [2.75, 3.05) is 254 Å². The molecule has 36 heteroatoms. The van der Waals surface area contributed by atoms with Crippen molar-refractivity contribution in [3.05, 3.63) is 15.9 Å². The van der Waals surface area contributed by atoms with Gasteiger partial charge in [0.25, 0.3) is 0 Å². The largest absolute Gasteiger partial charge is 0.395 e. The average molecular weight is 1520 g/mol. The Bertz CT molecular complexity index is 3270. The van der Waals surface area contributed by atoms with Crippen molar-refractivity contribution >= 4 is 121 Å². The van der Waals surface area contributed by atoms with E-state index < -0.39 is 0 Å². The van der Waals surface area contributed by atoms with E-state index >= 15 is 0 Å². The number of nitrogens with zero attached hydrogens (tertiary/aromatic N) is 21. The molecule has 12 rings (SSSR count). The SMILES string of the molecule is Clc1nc(N2CCCCC2)c2nc(Cl)nc(N3CCCCC3)c2n1.OCCN(CCO)c1nc(N2CCCCC2)c2nc(Cl)nc(N3CCCCC3)c2n1.OCCN(CCO)c1nc(N2CCCCC2)c2nc(N(CCO)CCO)nc(N3CCCCC3)c2n1.OCCNCCO.OCCNCCO. The van der Waals surface area contributed by atoms with Gasteiger partial charge in [0.1, 0.15) is 33.1 Å². The summed E-state index contributed by atoms with van der Waals surface area (Å²) in [5.74, 6) is 5.91. The molecule has 104 heavy (non-hydrogen) atoms. The first-order chi connectivity index (χ1) is 50.9. The van der Waals surface area contributed by atoms with Crippen LogP contribution in [0.1, 0.15) is 116 Å². The van der Waals surface area contributed by atoms with Crippen molar-refractivity contribution in [2.45, 2.75) is 116 Å². The lowest BCUT2D eigenvalue weighted by atomic mass is 10.1. The fraction of sp³-hybridized carbons (Fsp3) is 0.735. The number of anilines is 9. The van der Waals surface area contributed by atoms with Gasteiger partial charge in [0.2, 0.25) is 33.7 Å². The first-order valence-corrected chi connectivity index (χ1v) is 38.6. The van der Waals surface area contributed by atoms with Crippen molar-refractivity contribution in [3.8, 4) is 0 Å². The van der Waals surface area contributed by atoms with Crippen LogP contribution in [0.4, 0.5) is 52.8 Å². The van der Waals surface area contributed by atoms with Gasteiger partial charge < -0.3 is 106 Å². The number of hydrogen-bond acceptors (Lipinski definition) is 33. The molecule has 0 aromatic carbocycles. The van der Waals surface area contributed by atoms with E-state index in [4.69, 9.17) is 85.1 Å². The summed E-state index contributed by atoms with van der Waals surface area (Å²) in [7, 11) is 0. The van der Waals surface area contributed by atoms with Crippen LogP contribution in [-0.4, -0.2) is 321 Å². The van der Waals surface area contributed by atoms with Gasteiger partial charge in [-0.05, 0) is 150 Å². The highest BCUT2D eigenvalue weighted by molar-refractivity contribution is 6.30. The molecule has 0 spiro atoms. The van der Waals surface area contributed by atoms with Crippen LogP contribution in [0.3, 0.4) is 0 Å². The zero-order valence-corrected chi connectivity index (χ0v) is 62.6. The lowest BCUT2D eigenvalue weighted by Crippen LogP contribution is -2.36. The Morgan fingerprint density at radius 1 is 0.231 bits per heavy atom. The van der Waals surface area contributed by atoms with E-state index in [-0.39, 0.29) is 81.9 Å². The molecule has 0 bridgehead atoms. The topological polar surface area (TPSA) is 410 Å². The highest BCUT2D eigenvalue weighted by Gasteiger charge is 2.30. The lowest BCUT2D eigenvalue weighted by molar-refractivity contribution is 0.266. The summed E-state index contributed by atoms with van der Waals surface area (Å²) in [6, 6.07) is 0. The lowest BCUT2D eigenvalue weighted by Gasteiger charge is -2.33. The van der Waals surface area contributed by atoms with E-state index in [1.165, 1.54) is 38.5 Å². The molecule has 6 aliphatic heterocycles. The first kappa shape index (κ1) is 83.5. The maximum absolute atomic E-state index is 9.64. The Labute approximate surface area is 624 Å². The molecule has 6 saturated heterocycles. The number of halogens is 3. The second kappa shape index (κ2) is 46.2. The molecule has 0 radical (unpaired) electrons. The molecular formula is C68H112Cl3N23O10. The fourth-order valence-corrected chi connectivity index (χ4v) is 13.9. The molecule has 6 fully saturated rings. The molecule has 6 aliphatic rings. The van der Waals surface area contributed by atoms with Crippen molar-refractivity contribution in [3.63, 3.8) is 0 Å². The number of rotatable bonds is 29. The molecule has 0 unspecified atom stereocenters. The van der Waals surface area contributed by atoms with Crippen LogP contribution >= 0.6 is 34.8 Å². The second-order valence-corrected chi connectivity index (χ2v) is 27.1. The number of fused-ring (bicyclic) bond motifs is 3. The van der Waals surface area contributed by atoms with E-state index in [0.29, 0.717) is 116 Å². The van der Waals surface area contributed by atoms with Gasteiger partial charge >= 0.3 is 0 Å². The Morgan fingerprint density at radius 2 is 0.404 bits per heavy atom. The molecule has 12 heterocycles. The molecular weight excluding hydrogens is 1410 g/mol. The van der Waals surface area contributed by atoms with Gasteiger partial charge in [0.15, 0.2) is 34.9 Å². The zero-order chi connectivity index (χ0) is 73.8. The van der Waals surface area contributed by atoms with Gasteiger partial charge in [0.05, 0.1) is 66.1 Å². The van der Waals surface area contributed by atoms with Crippen LogP contribution < -0.4 is 54.7 Å². The molecule has 0 amide bonds. The van der Waals surface area contributed by atoms with E-state index in [9.17, 15) is 30.6 Å². The summed E-state index contributed by atoms with van der Waals surface area (Å²) < 4.78 is 0. The summed E-state index contributed by atoms with van der Waals surface area (Å²) in [5, 5.41) is 96.5. The highest BCUT2D eigenvalue weighted by Crippen LogP contribution is 2.38. The summed E-state index contributed by atoms with van der Waals surface area (Å²) in [4.78, 5) is 75.1. The molecule has 12 N–H and O–H groups in total. The van der Waals surface area contributed by atoms with Crippen LogP contribution in [0.15, 0.2) is 0 Å². The first-order valence-electron chi connectivity index (χ1n) is 37.5. The smallest absolute Gasteiger partial charge is 0.228 e. The van der Waals surface area contributed by atoms with Crippen LogP contribution in [0.2, 0.25) is 15.9 Å². The third-order valence-electron chi connectivity index (χ3n) is 18.6. The number of aliphatic hydroxyl groups excluding tert-OH is 10. The maximum Gasteiger partial charge on any atom is 0.228 e. The normalized spacial score (nSPS) is 16.5. The van der Waals surface area contributed by atoms with Crippen LogP contribution in [0, 0.1) is 0 Å².